The van der Waals surface area contributed by atoms with E-state index in [-0.39, 0.29) is 23.9 Å². The standard InChI is InChI=1S/C20H22O5/c1-12(2)19-9-14-18(19,11-23-15(21)13-7-5-4-6-8-13)16-24-17(19,3)10-20(14,22)25-16/h4-8,14,16,22H,1,9-11H2,2-3H3/t14-,16-,17+,18+,19+,20-/m1/s1. The second-order valence-electron chi connectivity index (χ2n) is 8.24. The van der Waals surface area contributed by atoms with Gasteiger partial charge in [-0.25, -0.2) is 4.79 Å². The van der Waals surface area contributed by atoms with Crippen molar-refractivity contribution in [2.24, 2.45) is 16.7 Å². The van der Waals surface area contributed by atoms with E-state index in [4.69, 9.17) is 14.2 Å². The number of ether oxygens (including phenoxy) is 3. The molecule has 1 aromatic rings. The summed E-state index contributed by atoms with van der Waals surface area (Å²) in [6.45, 7) is 8.42. The van der Waals surface area contributed by atoms with E-state index in [1.807, 2.05) is 19.9 Å². The van der Waals surface area contributed by atoms with Crippen LogP contribution in [0, 0.1) is 16.7 Å². The molecule has 0 unspecified atom stereocenters. The van der Waals surface area contributed by atoms with E-state index >= 15 is 0 Å². The molecule has 0 spiro atoms. The first-order valence-electron chi connectivity index (χ1n) is 8.75. The number of carbonyl (C=O) groups is 1. The van der Waals surface area contributed by atoms with Gasteiger partial charge in [-0.1, -0.05) is 30.4 Å². The Morgan fingerprint density at radius 2 is 2.08 bits per heavy atom. The maximum absolute atomic E-state index is 12.4. The van der Waals surface area contributed by atoms with Gasteiger partial charge in [-0.2, -0.15) is 0 Å². The van der Waals surface area contributed by atoms with Crippen LogP contribution in [0.4, 0.5) is 0 Å². The molecular formula is C20H22O5. The zero-order chi connectivity index (χ0) is 17.7. The van der Waals surface area contributed by atoms with Crippen molar-refractivity contribution in [1.29, 1.82) is 0 Å². The molecule has 3 aliphatic carbocycles. The molecule has 6 fully saturated rings. The van der Waals surface area contributed by atoms with Crippen molar-refractivity contribution < 1.29 is 24.1 Å². The fourth-order valence-corrected chi connectivity index (χ4v) is 6.32. The monoisotopic (exact) mass is 342 g/mol. The molecule has 3 saturated heterocycles. The molecule has 6 aliphatic rings. The number of hydrogen-bond acceptors (Lipinski definition) is 5. The van der Waals surface area contributed by atoms with Crippen LogP contribution in [-0.4, -0.2) is 35.4 Å². The van der Waals surface area contributed by atoms with Crippen LogP contribution in [0.2, 0.25) is 0 Å². The van der Waals surface area contributed by atoms with Crippen LogP contribution < -0.4 is 0 Å². The minimum atomic E-state index is -1.19. The summed E-state index contributed by atoms with van der Waals surface area (Å²) in [5, 5.41) is 11.0. The average Bonchev–Trinajstić information content (AvgIpc) is 2.73. The van der Waals surface area contributed by atoms with Gasteiger partial charge in [-0.3, -0.25) is 0 Å². The summed E-state index contributed by atoms with van der Waals surface area (Å²) >= 11 is 0. The summed E-state index contributed by atoms with van der Waals surface area (Å²) < 4.78 is 17.8. The van der Waals surface area contributed by atoms with Crippen molar-refractivity contribution in [2.75, 3.05) is 6.61 Å². The highest BCUT2D eigenvalue weighted by molar-refractivity contribution is 5.89. The number of benzene rings is 1. The van der Waals surface area contributed by atoms with Gasteiger partial charge in [0.1, 0.15) is 6.61 Å². The van der Waals surface area contributed by atoms with Crippen LogP contribution in [-0.2, 0) is 14.2 Å². The highest BCUT2D eigenvalue weighted by Gasteiger charge is 2.93. The van der Waals surface area contributed by atoms with E-state index < -0.39 is 23.1 Å². The van der Waals surface area contributed by atoms with Gasteiger partial charge in [0.2, 0.25) is 0 Å². The van der Waals surface area contributed by atoms with Gasteiger partial charge in [-0.05, 0) is 32.4 Å². The van der Waals surface area contributed by atoms with Gasteiger partial charge >= 0.3 is 5.97 Å². The SMILES string of the molecule is C=C(C)[C@]12C[C@@H]3[C@@]1(COC(=O)c1ccccc1)[C@H]1O[C@]3(O)C[C@]2(C)O1. The molecule has 6 bridgehead atoms. The third-order valence-electron chi connectivity index (χ3n) is 7.24. The Labute approximate surface area is 146 Å². The van der Waals surface area contributed by atoms with E-state index in [0.717, 1.165) is 12.0 Å². The minimum absolute atomic E-state index is 0.0964. The topological polar surface area (TPSA) is 65.0 Å². The molecule has 7 rings (SSSR count). The second kappa shape index (κ2) is 4.34. The Bertz CT molecular complexity index is 791. The van der Waals surface area contributed by atoms with Gasteiger partial charge in [0.25, 0.3) is 0 Å². The Morgan fingerprint density at radius 3 is 2.76 bits per heavy atom. The third-order valence-corrected chi connectivity index (χ3v) is 7.24. The number of hydrogen-bond donors (Lipinski definition) is 1. The molecule has 5 nitrogen and oxygen atoms in total. The normalized spacial score (nSPS) is 48.3. The summed E-state index contributed by atoms with van der Waals surface area (Å²) in [6, 6.07) is 8.93. The molecule has 3 heterocycles. The van der Waals surface area contributed by atoms with Crippen molar-refractivity contribution in [3.8, 4) is 0 Å². The quantitative estimate of drug-likeness (QED) is 0.673. The molecule has 3 saturated carbocycles. The van der Waals surface area contributed by atoms with E-state index in [2.05, 4.69) is 6.58 Å². The fraction of sp³-hybridized carbons (Fsp3) is 0.550. The molecule has 132 valence electrons. The fourth-order valence-electron chi connectivity index (χ4n) is 6.32. The lowest BCUT2D eigenvalue weighted by atomic mass is 9.34. The van der Waals surface area contributed by atoms with Gasteiger partial charge in [-0.15, -0.1) is 0 Å². The van der Waals surface area contributed by atoms with Crippen molar-refractivity contribution in [3.63, 3.8) is 0 Å². The van der Waals surface area contributed by atoms with Crippen LogP contribution >= 0.6 is 0 Å². The molecule has 5 heteroatoms. The summed E-state index contributed by atoms with van der Waals surface area (Å²) in [7, 11) is 0. The third kappa shape index (κ3) is 1.46. The van der Waals surface area contributed by atoms with Gasteiger partial charge in [0.05, 0.1) is 16.6 Å². The van der Waals surface area contributed by atoms with E-state index in [0.29, 0.717) is 12.0 Å². The van der Waals surface area contributed by atoms with Crippen molar-refractivity contribution in [1.82, 2.24) is 0 Å². The minimum Gasteiger partial charge on any atom is -0.461 e. The largest absolute Gasteiger partial charge is 0.461 e. The Morgan fingerprint density at radius 1 is 1.36 bits per heavy atom. The Hall–Kier alpha value is -1.69. The first-order valence-corrected chi connectivity index (χ1v) is 8.75. The van der Waals surface area contributed by atoms with Crippen molar-refractivity contribution >= 4 is 5.97 Å². The van der Waals surface area contributed by atoms with E-state index in [1.54, 1.807) is 24.3 Å². The number of esters is 1. The smallest absolute Gasteiger partial charge is 0.338 e. The molecule has 0 radical (unpaired) electrons. The first-order chi connectivity index (χ1) is 11.8. The lowest BCUT2D eigenvalue weighted by Gasteiger charge is -2.68. The first kappa shape index (κ1) is 15.6. The molecule has 3 aliphatic heterocycles. The molecular weight excluding hydrogens is 320 g/mol. The van der Waals surface area contributed by atoms with E-state index in [9.17, 15) is 9.90 Å². The zero-order valence-electron chi connectivity index (χ0n) is 14.5. The van der Waals surface area contributed by atoms with Gasteiger partial charge in [0.15, 0.2) is 12.1 Å². The Kier molecular flexibility index (Phi) is 2.70. The zero-order valence-corrected chi connectivity index (χ0v) is 14.5. The lowest BCUT2D eigenvalue weighted by molar-refractivity contribution is -0.368. The van der Waals surface area contributed by atoms with Gasteiger partial charge in [0, 0.05) is 17.8 Å². The highest BCUT2D eigenvalue weighted by atomic mass is 16.8. The molecule has 0 aromatic heterocycles. The highest BCUT2D eigenvalue weighted by Crippen LogP contribution is 2.86. The summed E-state index contributed by atoms with van der Waals surface area (Å²) in [5.41, 5.74) is 0.114. The number of carbonyl (C=O) groups excluding carboxylic acids is 1. The number of aliphatic hydroxyl groups is 1. The Balaban J connectivity index is 1.50. The molecule has 1 N–H and O–H groups in total. The van der Waals surface area contributed by atoms with Crippen LogP contribution in [0.5, 0.6) is 0 Å². The predicted molar refractivity (Wildman–Crippen MR) is 88.4 cm³/mol. The molecule has 6 atom stereocenters. The van der Waals surface area contributed by atoms with Gasteiger partial charge < -0.3 is 19.3 Å². The molecule has 1 aromatic carbocycles. The summed E-state index contributed by atoms with van der Waals surface area (Å²) in [4.78, 5) is 12.4. The maximum atomic E-state index is 12.4. The second-order valence-corrected chi connectivity index (χ2v) is 8.24. The van der Waals surface area contributed by atoms with Crippen LogP contribution in [0.15, 0.2) is 42.5 Å². The average molecular weight is 342 g/mol. The van der Waals surface area contributed by atoms with Crippen LogP contribution in [0.1, 0.15) is 37.0 Å². The van der Waals surface area contributed by atoms with Crippen LogP contribution in [0.3, 0.4) is 0 Å². The molecule has 0 amide bonds. The maximum Gasteiger partial charge on any atom is 0.338 e. The predicted octanol–water partition coefficient (Wildman–Crippen LogP) is 2.65. The lowest BCUT2D eigenvalue weighted by Crippen LogP contribution is -2.74. The van der Waals surface area contributed by atoms with Crippen molar-refractivity contribution in [2.45, 2.75) is 44.4 Å². The van der Waals surface area contributed by atoms with Crippen molar-refractivity contribution in [3.05, 3.63) is 48.0 Å². The number of rotatable bonds is 4. The molecule has 25 heavy (non-hydrogen) atoms. The summed E-state index contributed by atoms with van der Waals surface area (Å²) in [6.07, 6.45) is 0.632. The summed E-state index contributed by atoms with van der Waals surface area (Å²) in [5.74, 6) is -1.65. The van der Waals surface area contributed by atoms with Crippen LogP contribution in [0.25, 0.3) is 0 Å². The van der Waals surface area contributed by atoms with E-state index in [1.165, 1.54) is 0 Å².